The van der Waals surface area contributed by atoms with Crippen molar-refractivity contribution in [2.24, 2.45) is 5.73 Å². The van der Waals surface area contributed by atoms with Gasteiger partial charge in [-0.3, -0.25) is 14.9 Å². The molecule has 0 aliphatic rings. The van der Waals surface area contributed by atoms with E-state index in [1.54, 1.807) is 42.2 Å². The molecular weight excluding hydrogens is 603 g/mol. The number of nitro benzene ring substituents is 1. The van der Waals surface area contributed by atoms with Crippen LogP contribution >= 0.6 is 11.8 Å². The van der Waals surface area contributed by atoms with E-state index in [-0.39, 0.29) is 17.3 Å². The standard InChI is InChI=1S/C31H33N5O6S2/c1-42-30-17-14-24(20-33-30)22-10-12-23(13-11-22)31(37)35-44(40,41)27-15-16-28(29(19-27)36(38)39)34-25(7-5-6-18-32)21-43-26-8-3-2-4-9-26/h2-4,8-17,19-20,25,34H,5-7,18,21,32H2,1H3,(H,35,37)/t25-/m1/s1. The maximum absolute atomic E-state index is 13.1. The number of unbranched alkanes of at least 4 members (excludes halogenated alkanes) is 1. The Morgan fingerprint density at radius 1 is 1.02 bits per heavy atom. The smallest absolute Gasteiger partial charge is 0.293 e. The number of sulfonamides is 1. The Balaban J connectivity index is 1.48. The van der Waals surface area contributed by atoms with Crippen molar-refractivity contribution >= 4 is 39.1 Å². The molecule has 0 radical (unpaired) electrons. The number of nitrogens with one attached hydrogen (secondary N) is 2. The number of carbonyl (C=O) groups is 1. The monoisotopic (exact) mass is 635 g/mol. The zero-order valence-electron chi connectivity index (χ0n) is 24.0. The molecule has 230 valence electrons. The van der Waals surface area contributed by atoms with Crippen LogP contribution in [0.1, 0.15) is 29.6 Å². The van der Waals surface area contributed by atoms with Crippen molar-refractivity contribution in [1.82, 2.24) is 9.71 Å². The number of ether oxygens (including phenoxy) is 1. The third-order valence-corrected chi connectivity index (χ3v) is 9.19. The van der Waals surface area contributed by atoms with Crippen molar-refractivity contribution in [3.05, 3.63) is 107 Å². The summed E-state index contributed by atoms with van der Waals surface area (Å²) in [6.45, 7) is 0.543. The molecule has 1 aromatic heterocycles. The Bertz CT molecular complexity index is 1670. The molecule has 0 saturated heterocycles. The summed E-state index contributed by atoms with van der Waals surface area (Å²) in [5.74, 6) is 0.228. The highest BCUT2D eigenvalue weighted by atomic mass is 32.2. The van der Waals surface area contributed by atoms with E-state index in [9.17, 15) is 23.3 Å². The topological polar surface area (TPSA) is 167 Å². The van der Waals surface area contributed by atoms with Gasteiger partial charge < -0.3 is 15.8 Å². The number of methoxy groups -OCH3 is 1. The van der Waals surface area contributed by atoms with Gasteiger partial charge in [-0.2, -0.15) is 0 Å². The third kappa shape index (κ3) is 8.78. The summed E-state index contributed by atoms with van der Waals surface area (Å²) in [4.78, 5) is 29.0. The Hall–Kier alpha value is -4.46. The molecule has 13 heteroatoms. The van der Waals surface area contributed by atoms with Crippen LogP contribution in [0.4, 0.5) is 11.4 Å². The Morgan fingerprint density at radius 2 is 1.75 bits per heavy atom. The van der Waals surface area contributed by atoms with Gasteiger partial charge in [-0.15, -0.1) is 11.8 Å². The predicted octanol–water partition coefficient (Wildman–Crippen LogP) is 5.49. The summed E-state index contributed by atoms with van der Waals surface area (Å²) < 4.78 is 33.3. The second-order valence-corrected chi connectivity index (χ2v) is 12.6. The van der Waals surface area contributed by atoms with Gasteiger partial charge in [0.2, 0.25) is 5.88 Å². The lowest BCUT2D eigenvalue weighted by Gasteiger charge is -2.20. The van der Waals surface area contributed by atoms with Crippen LogP contribution in [0.5, 0.6) is 5.88 Å². The van der Waals surface area contributed by atoms with Crippen LogP contribution in [-0.2, 0) is 10.0 Å². The molecule has 1 heterocycles. The average Bonchev–Trinajstić information content (AvgIpc) is 3.04. The zero-order chi connectivity index (χ0) is 31.5. The summed E-state index contributed by atoms with van der Waals surface area (Å²) in [5.41, 5.74) is 7.09. The van der Waals surface area contributed by atoms with Crippen LogP contribution in [0.3, 0.4) is 0 Å². The molecule has 0 fully saturated rings. The minimum Gasteiger partial charge on any atom is -0.481 e. The van der Waals surface area contributed by atoms with E-state index < -0.39 is 31.4 Å². The highest BCUT2D eigenvalue weighted by molar-refractivity contribution is 7.99. The van der Waals surface area contributed by atoms with Gasteiger partial charge in [-0.1, -0.05) is 36.8 Å². The molecule has 1 atom stereocenters. The first-order chi connectivity index (χ1) is 21.2. The lowest BCUT2D eigenvalue weighted by atomic mass is 10.1. The van der Waals surface area contributed by atoms with E-state index in [0.29, 0.717) is 18.2 Å². The zero-order valence-corrected chi connectivity index (χ0v) is 25.6. The molecule has 4 aromatic rings. The SMILES string of the molecule is COc1ccc(-c2ccc(C(=O)NS(=O)(=O)c3ccc(N[C@H](CCCCN)CSc4ccccc4)c([N+](=O)[O-])c3)cc2)cn1. The summed E-state index contributed by atoms with van der Waals surface area (Å²) in [6, 6.07) is 23.0. The van der Waals surface area contributed by atoms with E-state index in [1.165, 1.54) is 31.4 Å². The van der Waals surface area contributed by atoms with Gasteiger partial charge in [0.15, 0.2) is 0 Å². The molecule has 0 aliphatic heterocycles. The lowest BCUT2D eigenvalue weighted by Crippen LogP contribution is -2.30. The minimum absolute atomic E-state index is 0.0998. The first-order valence-electron chi connectivity index (χ1n) is 13.8. The van der Waals surface area contributed by atoms with E-state index in [1.807, 2.05) is 35.1 Å². The first kappa shape index (κ1) is 32.5. The summed E-state index contributed by atoms with van der Waals surface area (Å²) in [5, 5.41) is 15.2. The number of aromatic nitrogens is 1. The fourth-order valence-electron chi connectivity index (χ4n) is 4.34. The Kier molecular flexibility index (Phi) is 11.3. The highest BCUT2D eigenvalue weighted by Gasteiger charge is 2.25. The number of hydrogen-bond acceptors (Lipinski definition) is 10. The number of pyridine rings is 1. The van der Waals surface area contributed by atoms with E-state index in [4.69, 9.17) is 10.5 Å². The highest BCUT2D eigenvalue weighted by Crippen LogP contribution is 2.30. The summed E-state index contributed by atoms with van der Waals surface area (Å²) in [6.07, 6.45) is 3.98. The number of nitro groups is 1. The molecule has 0 saturated carbocycles. The predicted molar refractivity (Wildman–Crippen MR) is 171 cm³/mol. The molecule has 1 amide bonds. The van der Waals surface area contributed by atoms with E-state index in [0.717, 1.165) is 41.4 Å². The van der Waals surface area contributed by atoms with Crippen LogP contribution in [0.15, 0.2) is 101 Å². The number of amides is 1. The molecule has 4 N–H and O–H groups in total. The molecule has 4 rings (SSSR count). The van der Waals surface area contributed by atoms with Gasteiger partial charge in [0, 0.05) is 46.1 Å². The van der Waals surface area contributed by atoms with Gasteiger partial charge in [0.05, 0.1) is 16.9 Å². The number of hydrogen-bond donors (Lipinski definition) is 3. The third-order valence-electron chi connectivity index (χ3n) is 6.69. The molecule has 11 nitrogen and oxygen atoms in total. The molecule has 0 spiro atoms. The first-order valence-corrected chi connectivity index (χ1v) is 16.3. The fraction of sp³-hybridized carbons (Fsp3) is 0.226. The number of rotatable bonds is 15. The van der Waals surface area contributed by atoms with Gasteiger partial charge in [-0.25, -0.2) is 18.1 Å². The second kappa shape index (κ2) is 15.3. The van der Waals surface area contributed by atoms with E-state index >= 15 is 0 Å². The molecule has 0 bridgehead atoms. The van der Waals surface area contributed by atoms with Gasteiger partial charge in [0.25, 0.3) is 21.6 Å². The quantitative estimate of drug-likeness (QED) is 0.0658. The van der Waals surface area contributed by atoms with Crippen molar-refractivity contribution in [3.8, 4) is 17.0 Å². The van der Waals surface area contributed by atoms with Crippen molar-refractivity contribution in [3.63, 3.8) is 0 Å². The maximum atomic E-state index is 13.1. The largest absolute Gasteiger partial charge is 0.481 e. The van der Waals surface area contributed by atoms with Gasteiger partial charge in [0.1, 0.15) is 5.69 Å². The van der Waals surface area contributed by atoms with Crippen LogP contribution in [0, 0.1) is 10.1 Å². The van der Waals surface area contributed by atoms with E-state index in [2.05, 4.69) is 10.3 Å². The van der Waals surface area contributed by atoms with Crippen LogP contribution in [0.2, 0.25) is 0 Å². The number of nitrogens with two attached hydrogens (primary N) is 1. The fourth-order valence-corrected chi connectivity index (χ4v) is 6.33. The second-order valence-electron chi connectivity index (χ2n) is 9.79. The van der Waals surface area contributed by atoms with Crippen LogP contribution in [-0.4, -0.2) is 49.7 Å². The van der Waals surface area contributed by atoms with Crippen LogP contribution < -0.4 is 20.5 Å². The molecule has 0 unspecified atom stereocenters. The average molecular weight is 636 g/mol. The van der Waals surface area contributed by atoms with Crippen molar-refractivity contribution < 1.29 is 22.9 Å². The number of anilines is 1. The Labute approximate surface area is 260 Å². The Morgan fingerprint density at radius 3 is 2.39 bits per heavy atom. The molecule has 3 aromatic carbocycles. The minimum atomic E-state index is -4.42. The molecular formula is C31H33N5O6S2. The van der Waals surface area contributed by atoms with Gasteiger partial charge >= 0.3 is 0 Å². The molecule has 0 aliphatic carbocycles. The van der Waals surface area contributed by atoms with Crippen molar-refractivity contribution in [1.29, 1.82) is 0 Å². The number of benzene rings is 3. The number of nitrogens with zero attached hydrogens (tertiary/aromatic N) is 2. The summed E-state index contributed by atoms with van der Waals surface area (Å²) in [7, 11) is -2.90. The van der Waals surface area contributed by atoms with Crippen LogP contribution in [0.25, 0.3) is 11.1 Å². The van der Waals surface area contributed by atoms with Crippen molar-refractivity contribution in [2.75, 3.05) is 24.7 Å². The van der Waals surface area contributed by atoms with Gasteiger partial charge in [-0.05, 0) is 67.4 Å². The maximum Gasteiger partial charge on any atom is 0.293 e. The number of carbonyl (C=O) groups excluding carboxylic acids is 1. The lowest BCUT2D eigenvalue weighted by molar-refractivity contribution is -0.384. The van der Waals surface area contributed by atoms with Crippen molar-refractivity contribution in [2.45, 2.75) is 35.1 Å². The summed E-state index contributed by atoms with van der Waals surface area (Å²) >= 11 is 1.62. The molecule has 44 heavy (non-hydrogen) atoms. The number of thioether (sulfide) groups is 1. The normalized spacial score (nSPS) is 11.9.